The molecule has 3 atom stereocenters. The minimum absolute atomic E-state index is 0.168. The molecule has 0 bridgehead atoms. The van der Waals surface area contributed by atoms with Crippen LogP contribution in [-0.4, -0.2) is 30.0 Å². The Morgan fingerprint density at radius 2 is 2.29 bits per heavy atom. The van der Waals surface area contributed by atoms with Crippen LogP contribution < -0.4 is 11.1 Å². The quantitative estimate of drug-likeness (QED) is 0.687. The van der Waals surface area contributed by atoms with Crippen LogP contribution >= 0.6 is 11.8 Å². The Balaban J connectivity index is 2.27. The number of hydrogen-bond donors (Lipinski definition) is 2. The maximum absolute atomic E-state index is 12.1. The summed E-state index contributed by atoms with van der Waals surface area (Å²) in [6.07, 6.45) is 4.35. The molecule has 0 aliphatic heterocycles. The monoisotopic (exact) mass is 258 g/mol. The van der Waals surface area contributed by atoms with Gasteiger partial charge in [0.25, 0.3) is 0 Å². The molecule has 0 saturated heterocycles. The summed E-state index contributed by atoms with van der Waals surface area (Å²) in [6.45, 7) is 4.91. The van der Waals surface area contributed by atoms with Gasteiger partial charge in [0.1, 0.15) is 0 Å². The van der Waals surface area contributed by atoms with Crippen LogP contribution in [0.4, 0.5) is 0 Å². The lowest BCUT2D eigenvalue weighted by atomic mass is 9.95. The number of carbonyl (C=O) groups is 1. The van der Waals surface area contributed by atoms with Crippen molar-refractivity contribution in [1.29, 1.82) is 0 Å². The zero-order valence-corrected chi connectivity index (χ0v) is 11.9. The summed E-state index contributed by atoms with van der Waals surface area (Å²) in [6, 6.07) is 0.292. The zero-order chi connectivity index (χ0) is 12.7. The largest absolute Gasteiger partial charge is 0.353 e. The highest BCUT2D eigenvalue weighted by Gasteiger charge is 2.32. The second-order valence-corrected chi connectivity index (χ2v) is 6.32. The van der Waals surface area contributed by atoms with Gasteiger partial charge in [-0.2, -0.15) is 11.8 Å². The van der Waals surface area contributed by atoms with E-state index in [1.54, 1.807) is 0 Å². The molecule has 3 unspecified atom stereocenters. The molecule has 3 nitrogen and oxygen atoms in total. The standard InChI is InChI=1S/C13H26N2OS/c1-3-17-8-7-10(2)15-13(16)12-6-4-5-11(12)9-14/h10-12H,3-9,14H2,1-2H3,(H,15,16). The molecule has 0 spiro atoms. The second kappa shape index (κ2) is 7.98. The first-order chi connectivity index (χ1) is 8.19. The van der Waals surface area contributed by atoms with Gasteiger partial charge in [-0.25, -0.2) is 0 Å². The number of nitrogens with one attached hydrogen (secondary N) is 1. The third-order valence-corrected chi connectivity index (χ3v) is 4.52. The van der Waals surface area contributed by atoms with Crippen molar-refractivity contribution in [3.63, 3.8) is 0 Å². The van der Waals surface area contributed by atoms with E-state index in [1.807, 2.05) is 11.8 Å². The van der Waals surface area contributed by atoms with Crippen molar-refractivity contribution in [3.8, 4) is 0 Å². The van der Waals surface area contributed by atoms with Crippen molar-refractivity contribution in [1.82, 2.24) is 5.32 Å². The Bertz CT molecular complexity index is 235. The molecule has 1 saturated carbocycles. The molecule has 0 radical (unpaired) electrons. The van der Waals surface area contributed by atoms with Crippen LogP contribution in [0.2, 0.25) is 0 Å². The van der Waals surface area contributed by atoms with Gasteiger partial charge in [0.05, 0.1) is 0 Å². The van der Waals surface area contributed by atoms with Gasteiger partial charge in [-0.1, -0.05) is 13.3 Å². The van der Waals surface area contributed by atoms with Crippen LogP contribution in [0.25, 0.3) is 0 Å². The molecule has 1 aliphatic carbocycles. The zero-order valence-electron chi connectivity index (χ0n) is 11.1. The highest BCUT2D eigenvalue weighted by atomic mass is 32.2. The van der Waals surface area contributed by atoms with Crippen molar-refractivity contribution in [2.45, 2.75) is 45.6 Å². The highest BCUT2D eigenvalue weighted by Crippen LogP contribution is 2.31. The first-order valence-electron chi connectivity index (χ1n) is 6.77. The summed E-state index contributed by atoms with van der Waals surface area (Å²) < 4.78 is 0. The van der Waals surface area contributed by atoms with Crippen LogP contribution in [0.5, 0.6) is 0 Å². The smallest absolute Gasteiger partial charge is 0.223 e. The average Bonchev–Trinajstić information content (AvgIpc) is 2.77. The molecule has 3 N–H and O–H groups in total. The van der Waals surface area contributed by atoms with Crippen molar-refractivity contribution in [3.05, 3.63) is 0 Å². The lowest BCUT2D eigenvalue weighted by Gasteiger charge is -2.20. The first-order valence-corrected chi connectivity index (χ1v) is 7.92. The second-order valence-electron chi connectivity index (χ2n) is 4.93. The molecule has 0 aromatic heterocycles. The fourth-order valence-electron chi connectivity index (χ4n) is 2.49. The summed E-state index contributed by atoms with van der Waals surface area (Å²) in [5, 5.41) is 3.14. The van der Waals surface area contributed by atoms with E-state index in [-0.39, 0.29) is 11.8 Å². The molecule has 0 aromatic carbocycles. The van der Waals surface area contributed by atoms with Crippen LogP contribution in [0.15, 0.2) is 0 Å². The molecular weight excluding hydrogens is 232 g/mol. The van der Waals surface area contributed by atoms with E-state index in [9.17, 15) is 4.79 Å². The maximum atomic E-state index is 12.1. The first kappa shape index (κ1) is 14.8. The Kier molecular flexibility index (Phi) is 6.97. The van der Waals surface area contributed by atoms with Gasteiger partial charge in [-0.05, 0) is 50.2 Å². The fourth-order valence-corrected chi connectivity index (χ4v) is 3.30. The van der Waals surface area contributed by atoms with Gasteiger partial charge in [-0.3, -0.25) is 4.79 Å². The SMILES string of the molecule is CCSCCC(C)NC(=O)C1CCCC1CN. The fraction of sp³-hybridized carbons (Fsp3) is 0.923. The maximum Gasteiger partial charge on any atom is 0.223 e. The molecule has 1 aliphatic rings. The van der Waals surface area contributed by atoms with Gasteiger partial charge in [-0.15, -0.1) is 0 Å². The summed E-state index contributed by atoms with van der Waals surface area (Å²) in [5.74, 6) is 3.09. The topological polar surface area (TPSA) is 55.1 Å². The van der Waals surface area contributed by atoms with Crippen LogP contribution in [0.3, 0.4) is 0 Å². The molecule has 1 amide bonds. The molecule has 17 heavy (non-hydrogen) atoms. The van der Waals surface area contributed by atoms with E-state index in [4.69, 9.17) is 5.73 Å². The highest BCUT2D eigenvalue weighted by molar-refractivity contribution is 7.99. The number of carbonyl (C=O) groups excluding carboxylic acids is 1. The van der Waals surface area contributed by atoms with E-state index in [1.165, 1.54) is 0 Å². The van der Waals surface area contributed by atoms with E-state index in [0.717, 1.165) is 37.2 Å². The lowest BCUT2D eigenvalue weighted by molar-refractivity contribution is -0.126. The summed E-state index contributed by atoms with van der Waals surface area (Å²) >= 11 is 1.93. The predicted molar refractivity (Wildman–Crippen MR) is 75.1 cm³/mol. The Hall–Kier alpha value is -0.220. The molecule has 1 fully saturated rings. The number of rotatable bonds is 7. The van der Waals surface area contributed by atoms with E-state index in [2.05, 4.69) is 19.2 Å². The molecule has 100 valence electrons. The summed E-state index contributed by atoms with van der Waals surface area (Å²) in [4.78, 5) is 12.1. The molecular formula is C13H26N2OS. The Morgan fingerprint density at radius 3 is 2.94 bits per heavy atom. The third-order valence-electron chi connectivity index (χ3n) is 3.59. The Labute approximate surface area is 109 Å². The minimum atomic E-state index is 0.168. The number of thioether (sulfide) groups is 1. The molecule has 0 heterocycles. The number of nitrogens with two attached hydrogens (primary N) is 1. The predicted octanol–water partition coefficient (Wildman–Crippen LogP) is 2.01. The molecule has 0 aromatic rings. The van der Waals surface area contributed by atoms with Gasteiger partial charge < -0.3 is 11.1 Å². The van der Waals surface area contributed by atoms with Crippen LogP contribution in [0.1, 0.15) is 39.5 Å². The average molecular weight is 258 g/mol. The van der Waals surface area contributed by atoms with Crippen molar-refractivity contribution < 1.29 is 4.79 Å². The normalized spacial score (nSPS) is 25.8. The van der Waals surface area contributed by atoms with Gasteiger partial charge in [0, 0.05) is 12.0 Å². The van der Waals surface area contributed by atoms with Gasteiger partial charge in [0.15, 0.2) is 0 Å². The molecule has 4 heteroatoms. The third kappa shape index (κ3) is 4.88. The van der Waals surface area contributed by atoms with Crippen molar-refractivity contribution in [2.24, 2.45) is 17.6 Å². The van der Waals surface area contributed by atoms with E-state index >= 15 is 0 Å². The van der Waals surface area contributed by atoms with Crippen molar-refractivity contribution in [2.75, 3.05) is 18.1 Å². The summed E-state index contributed by atoms with van der Waals surface area (Å²) in [5.41, 5.74) is 5.71. The lowest BCUT2D eigenvalue weighted by Crippen LogP contribution is -2.40. The molecule has 1 rings (SSSR count). The number of amides is 1. The van der Waals surface area contributed by atoms with Crippen LogP contribution in [-0.2, 0) is 4.79 Å². The minimum Gasteiger partial charge on any atom is -0.353 e. The number of hydrogen-bond acceptors (Lipinski definition) is 3. The van der Waals surface area contributed by atoms with Crippen LogP contribution in [0, 0.1) is 11.8 Å². The van der Waals surface area contributed by atoms with E-state index in [0.29, 0.717) is 18.5 Å². The van der Waals surface area contributed by atoms with Crippen molar-refractivity contribution >= 4 is 17.7 Å². The van der Waals surface area contributed by atoms with Gasteiger partial charge in [0.2, 0.25) is 5.91 Å². The Morgan fingerprint density at radius 1 is 1.53 bits per heavy atom. The van der Waals surface area contributed by atoms with E-state index < -0.39 is 0 Å². The summed E-state index contributed by atoms with van der Waals surface area (Å²) in [7, 11) is 0. The van der Waals surface area contributed by atoms with Gasteiger partial charge >= 0.3 is 0 Å².